The zero-order chi connectivity index (χ0) is 18.8. The summed E-state index contributed by atoms with van der Waals surface area (Å²) in [4.78, 5) is 38.6. The number of aromatic nitrogens is 1. The Morgan fingerprint density at radius 3 is 2.46 bits per heavy atom. The van der Waals surface area contributed by atoms with E-state index in [1.807, 2.05) is 0 Å². The number of pyridine rings is 1. The number of amides is 1. The fourth-order valence-electron chi connectivity index (χ4n) is 2.44. The van der Waals surface area contributed by atoms with Crippen LogP contribution in [-0.4, -0.2) is 24.0 Å². The third kappa shape index (κ3) is 3.16. The SMILES string of the molecule is COC(=O)c1ccc(NC(=O)c2c[nH]c3cc(F)cc(F)c3c2=O)cc1. The molecule has 3 aromatic rings. The van der Waals surface area contributed by atoms with Gasteiger partial charge in [-0.15, -0.1) is 0 Å². The molecule has 0 aliphatic rings. The van der Waals surface area contributed by atoms with Crippen molar-refractivity contribution < 1.29 is 23.1 Å². The molecule has 26 heavy (non-hydrogen) atoms. The minimum Gasteiger partial charge on any atom is -0.465 e. The molecule has 2 aromatic carbocycles. The Hall–Kier alpha value is -3.55. The number of ether oxygens (including phenoxy) is 1. The lowest BCUT2D eigenvalue weighted by atomic mass is 10.1. The number of aromatic amines is 1. The number of hydrogen-bond acceptors (Lipinski definition) is 4. The Kier molecular flexibility index (Phi) is 4.49. The molecule has 0 aliphatic carbocycles. The van der Waals surface area contributed by atoms with Crippen molar-refractivity contribution in [3.63, 3.8) is 0 Å². The van der Waals surface area contributed by atoms with E-state index >= 15 is 0 Å². The van der Waals surface area contributed by atoms with Crippen molar-refractivity contribution in [2.24, 2.45) is 0 Å². The van der Waals surface area contributed by atoms with E-state index in [4.69, 9.17) is 0 Å². The summed E-state index contributed by atoms with van der Waals surface area (Å²) in [5.74, 6) is -3.20. The predicted octanol–water partition coefficient (Wildman–Crippen LogP) is 2.85. The summed E-state index contributed by atoms with van der Waals surface area (Å²) >= 11 is 0. The summed E-state index contributed by atoms with van der Waals surface area (Å²) in [5.41, 5.74) is -0.633. The summed E-state index contributed by atoms with van der Waals surface area (Å²) in [6.07, 6.45) is 1.09. The molecule has 0 saturated carbocycles. The first-order valence-corrected chi connectivity index (χ1v) is 7.41. The van der Waals surface area contributed by atoms with Crippen LogP contribution in [0.2, 0.25) is 0 Å². The Balaban J connectivity index is 1.92. The number of esters is 1. The second kappa shape index (κ2) is 6.75. The number of halogens is 2. The minimum absolute atomic E-state index is 0.0496. The second-order valence-corrected chi connectivity index (χ2v) is 5.36. The minimum atomic E-state index is -1.06. The van der Waals surface area contributed by atoms with Gasteiger partial charge >= 0.3 is 5.97 Å². The summed E-state index contributed by atoms with van der Waals surface area (Å²) in [6, 6.07) is 7.32. The normalized spacial score (nSPS) is 10.6. The van der Waals surface area contributed by atoms with E-state index < -0.39 is 34.3 Å². The number of carbonyl (C=O) groups is 2. The molecule has 1 aromatic heterocycles. The fourth-order valence-corrected chi connectivity index (χ4v) is 2.44. The highest BCUT2D eigenvalue weighted by molar-refractivity contribution is 6.05. The first kappa shape index (κ1) is 17.3. The average molecular weight is 358 g/mol. The van der Waals surface area contributed by atoms with Crippen LogP contribution in [0.4, 0.5) is 14.5 Å². The molecule has 0 radical (unpaired) electrons. The zero-order valence-electron chi connectivity index (χ0n) is 13.4. The van der Waals surface area contributed by atoms with Gasteiger partial charge < -0.3 is 15.0 Å². The summed E-state index contributed by atoms with van der Waals surface area (Å²) in [7, 11) is 1.25. The maximum absolute atomic E-state index is 13.9. The van der Waals surface area contributed by atoms with Gasteiger partial charge in [0.2, 0.25) is 5.43 Å². The highest BCUT2D eigenvalue weighted by Gasteiger charge is 2.17. The van der Waals surface area contributed by atoms with Crippen molar-refractivity contribution in [2.45, 2.75) is 0 Å². The second-order valence-electron chi connectivity index (χ2n) is 5.36. The molecule has 3 rings (SSSR count). The number of methoxy groups -OCH3 is 1. The number of nitrogens with one attached hydrogen (secondary N) is 2. The van der Waals surface area contributed by atoms with Crippen molar-refractivity contribution in [3.8, 4) is 0 Å². The zero-order valence-corrected chi connectivity index (χ0v) is 13.4. The third-order valence-electron chi connectivity index (χ3n) is 3.71. The number of rotatable bonds is 3. The van der Waals surface area contributed by atoms with Gasteiger partial charge in [-0.25, -0.2) is 13.6 Å². The van der Waals surface area contributed by atoms with E-state index in [9.17, 15) is 23.2 Å². The first-order chi connectivity index (χ1) is 12.4. The maximum Gasteiger partial charge on any atom is 0.337 e. The van der Waals surface area contributed by atoms with E-state index in [0.717, 1.165) is 12.3 Å². The molecule has 8 heteroatoms. The van der Waals surface area contributed by atoms with Gasteiger partial charge in [0.05, 0.1) is 23.6 Å². The molecule has 6 nitrogen and oxygen atoms in total. The van der Waals surface area contributed by atoms with Crippen molar-refractivity contribution in [3.05, 3.63) is 75.6 Å². The molecule has 2 N–H and O–H groups in total. The van der Waals surface area contributed by atoms with Crippen molar-refractivity contribution in [1.82, 2.24) is 4.98 Å². The molecule has 0 saturated heterocycles. The highest BCUT2D eigenvalue weighted by Crippen LogP contribution is 2.16. The van der Waals surface area contributed by atoms with Crippen LogP contribution in [0.5, 0.6) is 0 Å². The summed E-state index contributed by atoms with van der Waals surface area (Å²) < 4.78 is 31.7. The van der Waals surface area contributed by atoms with Crippen LogP contribution in [0.15, 0.2) is 47.4 Å². The van der Waals surface area contributed by atoms with Crippen LogP contribution < -0.4 is 10.7 Å². The number of anilines is 1. The first-order valence-electron chi connectivity index (χ1n) is 7.41. The van der Waals surface area contributed by atoms with E-state index in [1.54, 1.807) is 0 Å². The molecular formula is C18H12F2N2O4. The number of carbonyl (C=O) groups excluding carboxylic acids is 2. The predicted molar refractivity (Wildman–Crippen MR) is 90.2 cm³/mol. The number of H-pyrrole nitrogens is 1. The van der Waals surface area contributed by atoms with E-state index in [-0.39, 0.29) is 16.6 Å². The molecule has 0 aliphatic heterocycles. The maximum atomic E-state index is 13.9. The summed E-state index contributed by atoms with van der Waals surface area (Å²) in [6.45, 7) is 0. The topological polar surface area (TPSA) is 88.3 Å². The molecule has 1 heterocycles. The van der Waals surface area contributed by atoms with Gasteiger partial charge in [-0.1, -0.05) is 0 Å². The van der Waals surface area contributed by atoms with Crippen LogP contribution >= 0.6 is 0 Å². The average Bonchev–Trinajstić information content (AvgIpc) is 2.61. The van der Waals surface area contributed by atoms with Gasteiger partial charge in [0.15, 0.2) is 0 Å². The van der Waals surface area contributed by atoms with Crippen LogP contribution in [0.1, 0.15) is 20.7 Å². The van der Waals surface area contributed by atoms with Gasteiger partial charge in [0.1, 0.15) is 17.2 Å². The highest BCUT2D eigenvalue weighted by atomic mass is 19.1. The molecular weight excluding hydrogens is 346 g/mol. The monoisotopic (exact) mass is 358 g/mol. The standard InChI is InChI=1S/C18H12F2N2O4/c1-26-18(25)9-2-4-11(5-3-9)22-17(24)12-8-21-14-7-10(19)6-13(20)15(14)16(12)23/h2-8H,1H3,(H,21,23)(H,22,24). The Morgan fingerprint density at radius 2 is 1.81 bits per heavy atom. The van der Waals surface area contributed by atoms with Crippen LogP contribution in [0, 0.1) is 11.6 Å². The van der Waals surface area contributed by atoms with Crippen LogP contribution in [-0.2, 0) is 4.74 Å². The summed E-state index contributed by atoms with van der Waals surface area (Å²) in [5, 5.41) is 2.07. The van der Waals surface area contributed by atoms with Crippen molar-refractivity contribution in [2.75, 3.05) is 12.4 Å². The van der Waals surface area contributed by atoms with Gasteiger partial charge in [0, 0.05) is 18.0 Å². The van der Waals surface area contributed by atoms with Crippen molar-refractivity contribution in [1.29, 1.82) is 0 Å². The van der Waals surface area contributed by atoms with Crippen LogP contribution in [0.25, 0.3) is 10.9 Å². The lowest BCUT2D eigenvalue weighted by Crippen LogP contribution is -2.22. The Morgan fingerprint density at radius 1 is 1.12 bits per heavy atom. The number of fused-ring (bicyclic) bond motifs is 1. The van der Waals surface area contributed by atoms with E-state index in [1.165, 1.54) is 31.4 Å². The molecule has 0 bridgehead atoms. The number of benzene rings is 2. The van der Waals surface area contributed by atoms with E-state index in [0.29, 0.717) is 11.8 Å². The molecule has 0 atom stereocenters. The molecule has 132 valence electrons. The fraction of sp³-hybridized carbons (Fsp3) is 0.0556. The van der Waals surface area contributed by atoms with Crippen LogP contribution in [0.3, 0.4) is 0 Å². The largest absolute Gasteiger partial charge is 0.465 e. The van der Waals surface area contributed by atoms with E-state index in [2.05, 4.69) is 15.0 Å². The molecule has 0 unspecified atom stereocenters. The van der Waals surface area contributed by atoms with Gasteiger partial charge in [-0.2, -0.15) is 0 Å². The smallest absolute Gasteiger partial charge is 0.337 e. The lowest BCUT2D eigenvalue weighted by Gasteiger charge is -2.07. The van der Waals surface area contributed by atoms with Crippen molar-refractivity contribution >= 4 is 28.5 Å². The number of hydrogen-bond donors (Lipinski definition) is 2. The Bertz CT molecular complexity index is 1070. The van der Waals surface area contributed by atoms with Gasteiger partial charge in [-0.3, -0.25) is 9.59 Å². The Labute approximate surface area is 145 Å². The molecule has 0 spiro atoms. The molecule has 0 fully saturated rings. The third-order valence-corrected chi connectivity index (χ3v) is 3.71. The van der Waals surface area contributed by atoms with Gasteiger partial charge in [0.25, 0.3) is 5.91 Å². The van der Waals surface area contributed by atoms with Gasteiger partial charge in [-0.05, 0) is 30.3 Å². The molecule has 1 amide bonds. The quantitative estimate of drug-likeness (QED) is 0.705. The lowest BCUT2D eigenvalue weighted by molar-refractivity contribution is 0.0600.